The smallest absolute Gasteiger partial charge is 0.195 e. The van der Waals surface area contributed by atoms with E-state index in [0.29, 0.717) is 0 Å². The number of nitrogens with zero attached hydrogens (tertiary/aromatic N) is 1. The Kier molecular flexibility index (Phi) is 6.06. The van der Waals surface area contributed by atoms with Gasteiger partial charge in [-0.25, -0.2) is 4.98 Å². The van der Waals surface area contributed by atoms with Crippen molar-refractivity contribution in [3.8, 4) is 0 Å². The van der Waals surface area contributed by atoms with E-state index in [1.54, 1.807) is 0 Å². The van der Waals surface area contributed by atoms with E-state index in [1.807, 2.05) is 6.07 Å². The molecule has 0 saturated heterocycles. The zero-order chi connectivity index (χ0) is 14.2. The second kappa shape index (κ2) is 8.05. The first kappa shape index (κ1) is 15.0. The number of benzene rings is 1. The van der Waals surface area contributed by atoms with Gasteiger partial charge in [0.25, 0.3) is 0 Å². The number of fused-ring (bicyclic) bond motifs is 1. The Morgan fingerprint density at radius 2 is 1.70 bits per heavy atom. The molecule has 0 aliphatic rings. The van der Waals surface area contributed by atoms with Crippen LogP contribution in [-0.4, -0.2) is 11.5 Å². The molecule has 1 heterocycles. The number of unbranched alkanes of at least 4 members (excludes halogenated alkanes) is 6. The molecule has 0 atom stereocenters. The van der Waals surface area contributed by atoms with Crippen molar-refractivity contribution in [2.45, 2.75) is 58.3 Å². The fourth-order valence-electron chi connectivity index (χ4n) is 2.50. The summed E-state index contributed by atoms with van der Waals surface area (Å²) in [5.41, 5.74) is 8.61. The second-order valence-electron chi connectivity index (χ2n) is 5.59. The van der Waals surface area contributed by atoms with E-state index in [2.05, 4.69) is 24.0 Å². The number of aryl methyl sites for hydroxylation is 2. The predicted molar refractivity (Wildman–Crippen MR) is 83.8 cm³/mol. The van der Waals surface area contributed by atoms with Crippen LogP contribution in [0.15, 0.2) is 22.6 Å². The number of hydrogen-bond donors (Lipinski definition) is 1. The quantitative estimate of drug-likeness (QED) is 0.691. The summed E-state index contributed by atoms with van der Waals surface area (Å²) in [7, 11) is 0. The zero-order valence-corrected chi connectivity index (χ0v) is 12.5. The molecule has 0 spiro atoms. The van der Waals surface area contributed by atoms with Crippen LogP contribution in [-0.2, 0) is 6.42 Å². The van der Waals surface area contributed by atoms with Crippen molar-refractivity contribution in [1.29, 1.82) is 0 Å². The summed E-state index contributed by atoms with van der Waals surface area (Å²) in [6.07, 6.45) is 9.79. The molecule has 1 aromatic heterocycles. The molecule has 0 fully saturated rings. The van der Waals surface area contributed by atoms with Gasteiger partial charge in [-0.3, -0.25) is 0 Å². The van der Waals surface area contributed by atoms with E-state index in [0.717, 1.165) is 30.0 Å². The summed E-state index contributed by atoms with van der Waals surface area (Å²) in [5.74, 6) is 0.883. The first-order valence-electron chi connectivity index (χ1n) is 7.86. The summed E-state index contributed by atoms with van der Waals surface area (Å²) < 4.78 is 5.76. The number of nitrogens with two attached hydrogens (primary N) is 1. The fourth-order valence-corrected chi connectivity index (χ4v) is 2.50. The van der Waals surface area contributed by atoms with E-state index in [-0.39, 0.29) is 0 Å². The summed E-state index contributed by atoms with van der Waals surface area (Å²) in [6.45, 7) is 2.91. The van der Waals surface area contributed by atoms with Gasteiger partial charge in [-0.05, 0) is 44.0 Å². The van der Waals surface area contributed by atoms with Crippen LogP contribution in [0.4, 0.5) is 0 Å². The Balaban J connectivity index is 1.65. The molecule has 2 aromatic rings. The third kappa shape index (κ3) is 4.64. The van der Waals surface area contributed by atoms with Crippen LogP contribution < -0.4 is 5.73 Å². The minimum absolute atomic E-state index is 0.831. The van der Waals surface area contributed by atoms with E-state index >= 15 is 0 Å². The standard InChI is InChI=1S/C17H26N2O/c1-14-10-11-16-15(13-14)19-17(20-16)9-7-5-3-2-4-6-8-12-18/h10-11,13H,2-9,12,18H2,1H3. The molecule has 3 heteroatoms. The molecule has 0 amide bonds. The number of rotatable bonds is 9. The Morgan fingerprint density at radius 1 is 1.00 bits per heavy atom. The lowest BCUT2D eigenvalue weighted by Crippen LogP contribution is -1.97. The van der Waals surface area contributed by atoms with Gasteiger partial charge in [0.2, 0.25) is 0 Å². The first-order valence-corrected chi connectivity index (χ1v) is 7.86. The third-order valence-electron chi connectivity index (χ3n) is 3.68. The van der Waals surface area contributed by atoms with Crippen LogP contribution in [0.3, 0.4) is 0 Å². The van der Waals surface area contributed by atoms with Crippen molar-refractivity contribution in [2.24, 2.45) is 5.73 Å². The Labute approximate surface area is 121 Å². The topological polar surface area (TPSA) is 52.0 Å². The van der Waals surface area contributed by atoms with Crippen LogP contribution in [0.5, 0.6) is 0 Å². The van der Waals surface area contributed by atoms with Gasteiger partial charge < -0.3 is 10.2 Å². The van der Waals surface area contributed by atoms with Crippen LogP contribution in [0.25, 0.3) is 11.1 Å². The summed E-state index contributed by atoms with van der Waals surface area (Å²) in [5, 5.41) is 0. The lowest BCUT2D eigenvalue weighted by atomic mass is 10.1. The van der Waals surface area contributed by atoms with E-state index in [9.17, 15) is 0 Å². The van der Waals surface area contributed by atoms with E-state index < -0.39 is 0 Å². The molecule has 0 radical (unpaired) electrons. The summed E-state index contributed by atoms with van der Waals surface area (Å²) >= 11 is 0. The maximum absolute atomic E-state index is 5.76. The van der Waals surface area contributed by atoms with Crippen LogP contribution in [0.2, 0.25) is 0 Å². The van der Waals surface area contributed by atoms with Gasteiger partial charge in [0.15, 0.2) is 11.5 Å². The monoisotopic (exact) mass is 274 g/mol. The van der Waals surface area contributed by atoms with Gasteiger partial charge in [-0.15, -0.1) is 0 Å². The predicted octanol–water partition coefficient (Wildman–Crippen LogP) is 4.37. The van der Waals surface area contributed by atoms with E-state index in [4.69, 9.17) is 10.2 Å². The summed E-state index contributed by atoms with van der Waals surface area (Å²) in [4.78, 5) is 4.55. The molecule has 2 N–H and O–H groups in total. The highest BCUT2D eigenvalue weighted by molar-refractivity contribution is 5.73. The van der Waals surface area contributed by atoms with Crippen LogP contribution in [0, 0.1) is 6.92 Å². The average molecular weight is 274 g/mol. The van der Waals surface area contributed by atoms with Crippen molar-refractivity contribution in [3.05, 3.63) is 29.7 Å². The SMILES string of the molecule is Cc1ccc2oc(CCCCCCCCCN)nc2c1. The largest absolute Gasteiger partial charge is 0.441 e. The lowest BCUT2D eigenvalue weighted by molar-refractivity contribution is 0.503. The van der Waals surface area contributed by atoms with Gasteiger partial charge in [-0.1, -0.05) is 38.2 Å². The average Bonchev–Trinajstić information content (AvgIpc) is 2.83. The molecule has 0 saturated carbocycles. The highest BCUT2D eigenvalue weighted by Crippen LogP contribution is 2.18. The van der Waals surface area contributed by atoms with E-state index in [1.165, 1.54) is 50.5 Å². The van der Waals surface area contributed by atoms with Crippen molar-refractivity contribution >= 4 is 11.1 Å². The Bertz CT molecular complexity index is 519. The van der Waals surface area contributed by atoms with Crippen LogP contribution >= 0.6 is 0 Å². The van der Waals surface area contributed by atoms with Gasteiger partial charge in [-0.2, -0.15) is 0 Å². The van der Waals surface area contributed by atoms with Crippen molar-refractivity contribution in [2.75, 3.05) is 6.54 Å². The fraction of sp³-hybridized carbons (Fsp3) is 0.588. The van der Waals surface area contributed by atoms with Gasteiger partial charge in [0.1, 0.15) is 5.52 Å². The molecular weight excluding hydrogens is 248 g/mol. The van der Waals surface area contributed by atoms with Crippen LogP contribution in [0.1, 0.15) is 56.4 Å². The molecule has 20 heavy (non-hydrogen) atoms. The molecule has 0 unspecified atom stereocenters. The van der Waals surface area contributed by atoms with Crippen molar-refractivity contribution in [1.82, 2.24) is 4.98 Å². The maximum Gasteiger partial charge on any atom is 0.195 e. The molecule has 0 bridgehead atoms. The molecular formula is C17H26N2O. The molecule has 1 aromatic carbocycles. The molecule has 3 nitrogen and oxygen atoms in total. The number of hydrogen-bond acceptors (Lipinski definition) is 3. The van der Waals surface area contributed by atoms with Crippen molar-refractivity contribution < 1.29 is 4.42 Å². The second-order valence-corrected chi connectivity index (χ2v) is 5.59. The number of aromatic nitrogens is 1. The molecule has 0 aliphatic heterocycles. The molecule has 2 rings (SSSR count). The first-order chi connectivity index (χ1) is 9.79. The third-order valence-corrected chi connectivity index (χ3v) is 3.68. The molecule has 110 valence electrons. The van der Waals surface area contributed by atoms with Gasteiger partial charge in [0.05, 0.1) is 0 Å². The van der Waals surface area contributed by atoms with Gasteiger partial charge >= 0.3 is 0 Å². The minimum atomic E-state index is 0.831. The lowest BCUT2D eigenvalue weighted by Gasteiger charge is -2.00. The zero-order valence-electron chi connectivity index (χ0n) is 12.5. The summed E-state index contributed by atoms with van der Waals surface area (Å²) in [6, 6.07) is 6.16. The molecule has 0 aliphatic carbocycles. The van der Waals surface area contributed by atoms with Crippen molar-refractivity contribution in [3.63, 3.8) is 0 Å². The Hall–Kier alpha value is -1.35. The highest BCUT2D eigenvalue weighted by Gasteiger charge is 2.05. The number of oxazole rings is 1. The Morgan fingerprint density at radius 3 is 2.45 bits per heavy atom. The van der Waals surface area contributed by atoms with Gasteiger partial charge in [0, 0.05) is 6.42 Å². The maximum atomic E-state index is 5.76. The highest BCUT2D eigenvalue weighted by atomic mass is 16.3. The normalized spacial score (nSPS) is 11.3. The minimum Gasteiger partial charge on any atom is -0.441 e.